The standard InChI is InChI=1S/C15H19BrN2O2/c1-18(9-11-5-6-20-10-11)15(8-17)13-7-12(19-2)3-4-14(13)16/h3-7,10,15H,8-9,17H2,1-2H3. The molecule has 0 aliphatic rings. The van der Waals surface area contributed by atoms with Gasteiger partial charge in [0.2, 0.25) is 0 Å². The third-order valence-electron chi connectivity index (χ3n) is 3.33. The molecule has 0 saturated heterocycles. The number of hydrogen-bond acceptors (Lipinski definition) is 4. The fourth-order valence-electron chi connectivity index (χ4n) is 2.23. The molecular formula is C15H19BrN2O2. The highest BCUT2D eigenvalue weighted by Gasteiger charge is 2.19. The van der Waals surface area contributed by atoms with Crippen LogP contribution in [-0.4, -0.2) is 25.6 Å². The van der Waals surface area contributed by atoms with Crippen molar-refractivity contribution < 1.29 is 9.15 Å². The minimum atomic E-state index is 0.106. The van der Waals surface area contributed by atoms with Gasteiger partial charge < -0.3 is 14.9 Å². The topological polar surface area (TPSA) is 51.6 Å². The summed E-state index contributed by atoms with van der Waals surface area (Å²) in [5.74, 6) is 0.832. The zero-order valence-electron chi connectivity index (χ0n) is 11.7. The molecule has 1 aromatic carbocycles. The molecule has 20 heavy (non-hydrogen) atoms. The lowest BCUT2D eigenvalue weighted by Crippen LogP contribution is -2.30. The highest BCUT2D eigenvalue weighted by Crippen LogP contribution is 2.30. The zero-order chi connectivity index (χ0) is 14.5. The Kier molecular flexibility index (Phi) is 5.23. The Hall–Kier alpha value is -1.30. The van der Waals surface area contributed by atoms with Crippen LogP contribution >= 0.6 is 15.9 Å². The van der Waals surface area contributed by atoms with Crippen LogP contribution in [0, 0.1) is 0 Å². The van der Waals surface area contributed by atoms with Crippen molar-refractivity contribution in [3.8, 4) is 5.75 Å². The van der Waals surface area contributed by atoms with Gasteiger partial charge in [-0.05, 0) is 36.9 Å². The minimum Gasteiger partial charge on any atom is -0.497 e. The van der Waals surface area contributed by atoms with E-state index in [1.807, 2.05) is 24.3 Å². The van der Waals surface area contributed by atoms with E-state index in [9.17, 15) is 0 Å². The molecule has 108 valence electrons. The Morgan fingerprint density at radius 1 is 1.40 bits per heavy atom. The van der Waals surface area contributed by atoms with Crippen LogP contribution in [0.25, 0.3) is 0 Å². The number of benzene rings is 1. The van der Waals surface area contributed by atoms with Gasteiger partial charge in [0.25, 0.3) is 0 Å². The lowest BCUT2D eigenvalue weighted by atomic mass is 10.0. The first-order valence-electron chi connectivity index (χ1n) is 6.40. The van der Waals surface area contributed by atoms with Crippen LogP contribution in [0.4, 0.5) is 0 Å². The van der Waals surface area contributed by atoms with Gasteiger partial charge in [-0.25, -0.2) is 0 Å². The number of nitrogens with zero attached hydrogens (tertiary/aromatic N) is 1. The maximum absolute atomic E-state index is 5.97. The summed E-state index contributed by atoms with van der Waals surface area (Å²) in [6.45, 7) is 1.31. The predicted octanol–water partition coefficient (Wildman–Crippen LogP) is 3.18. The Labute approximate surface area is 127 Å². The maximum Gasteiger partial charge on any atom is 0.119 e. The van der Waals surface area contributed by atoms with Crippen molar-refractivity contribution >= 4 is 15.9 Å². The Morgan fingerprint density at radius 3 is 2.80 bits per heavy atom. The Bertz CT molecular complexity index is 543. The molecule has 0 aliphatic heterocycles. The highest BCUT2D eigenvalue weighted by atomic mass is 79.9. The molecule has 0 aliphatic carbocycles. The normalized spacial score (nSPS) is 12.7. The summed E-state index contributed by atoms with van der Waals surface area (Å²) in [7, 11) is 3.72. The number of furan rings is 1. The number of ether oxygens (including phenoxy) is 1. The summed E-state index contributed by atoms with van der Waals surface area (Å²) in [4.78, 5) is 2.20. The first-order chi connectivity index (χ1) is 9.65. The maximum atomic E-state index is 5.97. The molecule has 0 radical (unpaired) electrons. The third kappa shape index (κ3) is 3.42. The van der Waals surface area contributed by atoms with Gasteiger partial charge in [-0.15, -0.1) is 0 Å². The second kappa shape index (κ2) is 6.92. The van der Waals surface area contributed by atoms with Crippen LogP contribution in [0.15, 0.2) is 45.7 Å². The molecule has 2 aromatic rings. The quantitative estimate of drug-likeness (QED) is 0.878. The molecule has 0 bridgehead atoms. The van der Waals surface area contributed by atoms with E-state index in [1.54, 1.807) is 19.6 Å². The van der Waals surface area contributed by atoms with Crippen molar-refractivity contribution in [2.75, 3.05) is 20.7 Å². The average molecular weight is 339 g/mol. The van der Waals surface area contributed by atoms with Crippen LogP contribution in [0.3, 0.4) is 0 Å². The van der Waals surface area contributed by atoms with Gasteiger partial charge in [0.1, 0.15) is 5.75 Å². The van der Waals surface area contributed by atoms with Crippen molar-refractivity contribution in [2.24, 2.45) is 5.73 Å². The molecule has 0 fully saturated rings. The van der Waals surface area contributed by atoms with Crippen LogP contribution < -0.4 is 10.5 Å². The van der Waals surface area contributed by atoms with E-state index in [4.69, 9.17) is 14.9 Å². The van der Waals surface area contributed by atoms with Crippen LogP contribution in [-0.2, 0) is 6.54 Å². The van der Waals surface area contributed by atoms with Crippen molar-refractivity contribution in [3.63, 3.8) is 0 Å². The van der Waals surface area contributed by atoms with Crippen LogP contribution in [0.5, 0.6) is 5.75 Å². The third-order valence-corrected chi connectivity index (χ3v) is 4.05. The van der Waals surface area contributed by atoms with Crippen LogP contribution in [0.2, 0.25) is 0 Å². The molecule has 1 unspecified atom stereocenters. The predicted molar refractivity (Wildman–Crippen MR) is 82.7 cm³/mol. The van der Waals surface area contributed by atoms with Crippen molar-refractivity contribution in [3.05, 3.63) is 52.4 Å². The summed E-state index contributed by atoms with van der Waals surface area (Å²) < 4.78 is 11.4. The van der Waals surface area contributed by atoms with Gasteiger partial charge in [0.05, 0.1) is 19.6 Å². The first-order valence-corrected chi connectivity index (χ1v) is 7.19. The lowest BCUT2D eigenvalue weighted by molar-refractivity contribution is 0.240. The molecule has 2 rings (SSSR count). The van der Waals surface area contributed by atoms with Gasteiger partial charge in [-0.3, -0.25) is 4.90 Å². The number of halogens is 1. The molecule has 0 spiro atoms. The fraction of sp³-hybridized carbons (Fsp3) is 0.333. The molecule has 0 amide bonds. The molecule has 0 saturated carbocycles. The van der Waals surface area contributed by atoms with Crippen molar-refractivity contribution in [1.82, 2.24) is 4.90 Å². The van der Waals surface area contributed by atoms with Gasteiger partial charge in [-0.2, -0.15) is 0 Å². The van der Waals surface area contributed by atoms with E-state index in [1.165, 1.54) is 0 Å². The summed E-state index contributed by atoms with van der Waals surface area (Å²) in [5, 5.41) is 0. The number of likely N-dealkylation sites (N-methyl/N-ethyl adjacent to an activating group) is 1. The molecule has 4 nitrogen and oxygen atoms in total. The molecule has 5 heteroatoms. The Morgan fingerprint density at radius 2 is 2.20 bits per heavy atom. The summed E-state index contributed by atoms with van der Waals surface area (Å²) in [6, 6.07) is 8.01. The largest absolute Gasteiger partial charge is 0.497 e. The van der Waals surface area contributed by atoms with Gasteiger partial charge in [0, 0.05) is 29.2 Å². The van der Waals surface area contributed by atoms with E-state index in [-0.39, 0.29) is 6.04 Å². The molecule has 1 atom stereocenters. The Balaban J connectivity index is 2.22. The average Bonchev–Trinajstić information content (AvgIpc) is 2.94. The second-order valence-electron chi connectivity index (χ2n) is 4.69. The summed E-state index contributed by atoms with van der Waals surface area (Å²) in [5.41, 5.74) is 8.22. The van der Waals surface area contributed by atoms with E-state index in [2.05, 4.69) is 27.9 Å². The SMILES string of the molecule is COc1ccc(Br)c(C(CN)N(C)Cc2ccoc2)c1. The monoisotopic (exact) mass is 338 g/mol. The summed E-state index contributed by atoms with van der Waals surface area (Å²) in [6.07, 6.45) is 3.44. The second-order valence-corrected chi connectivity index (χ2v) is 5.54. The number of rotatable bonds is 6. The number of nitrogens with two attached hydrogens (primary N) is 1. The van der Waals surface area contributed by atoms with E-state index in [0.29, 0.717) is 6.54 Å². The minimum absolute atomic E-state index is 0.106. The van der Waals surface area contributed by atoms with E-state index < -0.39 is 0 Å². The lowest BCUT2D eigenvalue weighted by Gasteiger charge is -2.28. The van der Waals surface area contributed by atoms with E-state index in [0.717, 1.165) is 27.9 Å². The van der Waals surface area contributed by atoms with Crippen molar-refractivity contribution in [1.29, 1.82) is 0 Å². The molecule has 1 heterocycles. The van der Waals surface area contributed by atoms with E-state index >= 15 is 0 Å². The molecular weight excluding hydrogens is 320 g/mol. The zero-order valence-corrected chi connectivity index (χ0v) is 13.3. The first kappa shape index (κ1) is 15.1. The van der Waals surface area contributed by atoms with Gasteiger partial charge in [0.15, 0.2) is 0 Å². The molecule has 2 N–H and O–H groups in total. The number of hydrogen-bond donors (Lipinski definition) is 1. The molecule has 1 aromatic heterocycles. The number of methoxy groups -OCH3 is 1. The highest BCUT2D eigenvalue weighted by molar-refractivity contribution is 9.10. The van der Waals surface area contributed by atoms with Gasteiger partial charge >= 0.3 is 0 Å². The fourth-order valence-corrected chi connectivity index (χ4v) is 2.74. The van der Waals surface area contributed by atoms with Crippen LogP contribution in [0.1, 0.15) is 17.2 Å². The van der Waals surface area contributed by atoms with Gasteiger partial charge in [-0.1, -0.05) is 15.9 Å². The smallest absolute Gasteiger partial charge is 0.119 e. The van der Waals surface area contributed by atoms with Crippen molar-refractivity contribution in [2.45, 2.75) is 12.6 Å². The summed E-state index contributed by atoms with van der Waals surface area (Å²) >= 11 is 3.59.